The Morgan fingerprint density at radius 3 is 2.36 bits per heavy atom. The van der Waals surface area contributed by atoms with Gasteiger partial charge < -0.3 is 10.2 Å². The van der Waals surface area contributed by atoms with Crippen molar-refractivity contribution in [3.8, 4) is 0 Å². The van der Waals surface area contributed by atoms with Gasteiger partial charge >= 0.3 is 0 Å². The molecule has 0 bridgehead atoms. The van der Waals surface area contributed by atoms with Crippen LogP contribution in [0.15, 0.2) is 54.6 Å². The highest BCUT2D eigenvalue weighted by atomic mass is 16.2. The van der Waals surface area contributed by atoms with E-state index in [4.69, 9.17) is 0 Å². The van der Waals surface area contributed by atoms with E-state index in [2.05, 4.69) is 24.4 Å². The number of rotatable bonds is 7. The van der Waals surface area contributed by atoms with Gasteiger partial charge in [-0.2, -0.15) is 0 Å². The standard InChI is InChI=1S/C19H24N2O/c1-3-16-10-8-9-13-18(16)20-15-14-19(22)21(4-2)17-11-6-5-7-12-17/h5-13,20H,3-4,14-15H2,1-2H3. The number of para-hydroxylation sites is 2. The summed E-state index contributed by atoms with van der Waals surface area (Å²) in [6, 6.07) is 18.1. The molecule has 0 aliphatic rings. The van der Waals surface area contributed by atoms with Gasteiger partial charge in [0, 0.05) is 30.9 Å². The number of hydrogen-bond donors (Lipinski definition) is 1. The fourth-order valence-corrected chi connectivity index (χ4v) is 2.55. The maximum Gasteiger partial charge on any atom is 0.228 e. The fourth-order valence-electron chi connectivity index (χ4n) is 2.55. The molecule has 0 fully saturated rings. The lowest BCUT2D eigenvalue weighted by atomic mass is 10.1. The maximum absolute atomic E-state index is 12.4. The molecule has 0 radical (unpaired) electrons. The second-order valence-corrected chi connectivity index (χ2v) is 5.16. The SMILES string of the molecule is CCc1ccccc1NCCC(=O)N(CC)c1ccccc1. The fraction of sp³-hybridized carbons (Fsp3) is 0.316. The van der Waals surface area contributed by atoms with E-state index in [1.54, 1.807) is 0 Å². The van der Waals surface area contributed by atoms with Crippen molar-refractivity contribution in [3.05, 3.63) is 60.2 Å². The highest BCUT2D eigenvalue weighted by Crippen LogP contribution is 2.16. The largest absolute Gasteiger partial charge is 0.384 e. The van der Waals surface area contributed by atoms with Crippen LogP contribution >= 0.6 is 0 Å². The van der Waals surface area contributed by atoms with Crippen molar-refractivity contribution in [3.63, 3.8) is 0 Å². The number of aryl methyl sites for hydroxylation is 1. The second kappa shape index (κ2) is 8.23. The van der Waals surface area contributed by atoms with E-state index in [1.807, 2.05) is 54.3 Å². The van der Waals surface area contributed by atoms with Crippen molar-refractivity contribution in [1.82, 2.24) is 0 Å². The third-order valence-corrected chi connectivity index (χ3v) is 3.74. The Balaban J connectivity index is 1.92. The zero-order valence-electron chi connectivity index (χ0n) is 13.4. The summed E-state index contributed by atoms with van der Waals surface area (Å²) < 4.78 is 0. The lowest BCUT2D eigenvalue weighted by Gasteiger charge is -2.21. The predicted octanol–water partition coefficient (Wildman–Crippen LogP) is 4.10. The Hall–Kier alpha value is -2.29. The summed E-state index contributed by atoms with van der Waals surface area (Å²) in [5.74, 6) is 0.148. The van der Waals surface area contributed by atoms with E-state index in [0.29, 0.717) is 19.5 Å². The van der Waals surface area contributed by atoms with Gasteiger partial charge in [0.25, 0.3) is 0 Å². The monoisotopic (exact) mass is 296 g/mol. The van der Waals surface area contributed by atoms with Crippen molar-refractivity contribution in [2.75, 3.05) is 23.3 Å². The number of anilines is 2. The van der Waals surface area contributed by atoms with Crippen LogP contribution < -0.4 is 10.2 Å². The average Bonchev–Trinajstić information content (AvgIpc) is 2.57. The van der Waals surface area contributed by atoms with E-state index >= 15 is 0 Å². The molecule has 0 heterocycles. The number of carbonyl (C=O) groups is 1. The van der Waals surface area contributed by atoms with Crippen LogP contribution in [0.5, 0.6) is 0 Å². The summed E-state index contributed by atoms with van der Waals surface area (Å²) in [4.78, 5) is 14.2. The molecular formula is C19H24N2O. The quantitative estimate of drug-likeness (QED) is 0.834. The lowest BCUT2D eigenvalue weighted by molar-refractivity contribution is -0.118. The zero-order valence-corrected chi connectivity index (χ0v) is 13.4. The first-order valence-electron chi connectivity index (χ1n) is 7.93. The van der Waals surface area contributed by atoms with Crippen LogP contribution in [-0.2, 0) is 11.2 Å². The number of nitrogens with zero attached hydrogens (tertiary/aromatic N) is 1. The molecule has 0 spiro atoms. The number of benzene rings is 2. The van der Waals surface area contributed by atoms with E-state index in [9.17, 15) is 4.79 Å². The Morgan fingerprint density at radius 2 is 1.68 bits per heavy atom. The topological polar surface area (TPSA) is 32.3 Å². The van der Waals surface area contributed by atoms with Gasteiger partial charge in [-0.3, -0.25) is 4.79 Å². The molecule has 0 aliphatic carbocycles. The van der Waals surface area contributed by atoms with Crippen LogP contribution in [0.2, 0.25) is 0 Å². The van der Waals surface area contributed by atoms with Crippen LogP contribution in [0.4, 0.5) is 11.4 Å². The third-order valence-electron chi connectivity index (χ3n) is 3.74. The smallest absolute Gasteiger partial charge is 0.228 e. The minimum Gasteiger partial charge on any atom is -0.384 e. The average molecular weight is 296 g/mol. The molecule has 0 aromatic heterocycles. The molecule has 22 heavy (non-hydrogen) atoms. The summed E-state index contributed by atoms with van der Waals surface area (Å²) in [6.45, 7) is 5.48. The van der Waals surface area contributed by atoms with E-state index in [-0.39, 0.29) is 5.91 Å². The van der Waals surface area contributed by atoms with Gasteiger partial charge in [-0.25, -0.2) is 0 Å². The first kappa shape index (κ1) is 16.1. The highest BCUT2D eigenvalue weighted by Gasteiger charge is 2.13. The van der Waals surface area contributed by atoms with Crippen molar-refractivity contribution >= 4 is 17.3 Å². The van der Waals surface area contributed by atoms with Gasteiger partial charge in [0.2, 0.25) is 5.91 Å². The minimum absolute atomic E-state index is 0.148. The summed E-state index contributed by atoms with van der Waals surface area (Å²) in [6.07, 6.45) is 1.48. The molecule has 0 unspecified atom stereocenters. The van der Waals surface area contributed by atoms with Gasteiger partial charge in [0.05, 0.1) is 0 Å². The molecule has 2 aromatic rings. The lowest BCUT2D eigenvalue weighted by Crippen LogP contribution is -2.31. The normalized spacial score (nSPS) is 10.3. The van der Waals surface area contributed by atoms with Crippen LogP contribution in [0.1, 0.15) is 25.8 Å². The van der Waals surface area contributed by atoms with Crippen molar-refractivity contribution in [2.45, 2.75) is 26.7 Å². The Morgan fingerprint density at radius 1 is 1.00 bits per heavy atom. The molecular weight excluding hydrogens is 272 g/mol. The number of amides is 1. The minimum atomic E-state index is 0.148. The third kappa shape index (κ3) is 4.10. The predicted molar refractivity (Wildman–Crippen MR) is 93.4 cm³/mol. The number of carbonyl (C=O) groups excluding carboxylic acids is 1. The molecule has 116 valence electrons. The van der Waals surface area contributed by atoms with Gasteiger partial charge in [0.1, 0.15) is 0 Å². The number of nitrogens with one attached hydrogen (secondary N) is 1. The van der Waals surface area contributed by atoms with Gasteiger partial charge in [0.15, 0.2) is 0 Å². The molecule has 0 saturated heterocycles. The molecule has 2 aromatic carbocycles. The van der Waals surface area contributed by atoms with Crippen molar-refractivity contribution in [2.24, 2.45) is 0 Å². The summed E-state index contributed by atoms with van der Waals surface area (Å²) in [5.41, 5.74) is 3.37. The maximum atomic E-state index is 12.4. The molecule has 0 saturated carbocycles. The summed E-state index contributed by atoms with van der Waals surface area (Å²) in [7, 11) is 0. The van der Waals surface area contributed by atoms with Gasteiger partial charge in [-0.05, 0) is 37.1 Å². The van der Waals surface area contributed by atoms with Crippen molar-refractivity contribution in [1.29, 1.82) is 0 Å². The van der Waals surface area contributed by atoms with Crippen LogP contribution in [0.25, 0.3) is 0 Å². The summed E-state index contributed by atoms with van der Waals surface area (Å²) >= 11 is 0. The second-order valence-electron chi connectivity index (χ2n) is 5.16. The van der Waals surface area contributed by atoms with E-state index in [1.165, 1.54) is 5.56 Å². The number of hydrogen-bond acceptors (Lipinski definition) is 2. The van der Waals surface area contributed by atoms with Crippen LogP contribution in [0, 0.1) is 0 Å². The molecule has 0 aliphatic heterocycles. The molecule has 3 nitrogen and oxygen atoms in total. The Labute approximate surface area is 133 Å². The molecule has 1 N–H and O–H groups in total. The highest BCUT2D eigenvalue weighted by molar-refractivity contribution is 5.93. The van der Waals surface area contributed by atoms with E-state index in [0.717, 1.165) is 17.8 Å². The van der Waals surface area contributed by atoms with E-state index < -0.39 is 0 Å². The molecule has 3 heteroatoms. The molecule has 1 amide bonds. The Kier molecular flexibility index (Phi) is 6.01. The zero-order chi connectivity index (χ0) is 15.8. The van der Waals surface area contributed by atoms with Crippen LogP contribution in [-0.4, -0.2) is 19.0 Å². The van der Waals surface area contributed by atoms with Crippen LogP contribution in [0.3, 0.4) is 0 Å². The van der Waals surface area contributed by atoms with Gasteiger partial charge in [-0.15, -0.1) is 0 Å². The molecule has 2 rings (SSSR count). The van der Waals surface area contributed by atoms with Crippen molar-refractivity contribution < 1.29 is 4.79 Å². The Bertz CT molecular complexity index is 595. The van der Waals surface area contributed by atoms with Gasteiger partial charge in [-0.1, -0.05) is 43.3 Å². The molecule has 0 atom stereocenters. The first-order chi connectivity index (χ1) is 10.8. The first-order valence-corrected chi connectivity index (χ1v) is 7.93. The summed E-state index contributed by atoms with van der Waals surface area (Å²) in [5, 5.41) is 3.38.